The number of carbonyl (C=O) groups excluding carboxylic acids is 2. The number of thiophene rings is 1. The molecular formula is C32H41F2N5O3SSi. The third-order valence-electron chi connectivity index (χ3n) is 8.47. The van der Waals surface area contributed by atoms with E-state index in [1.807, 2.05) is 42.7 Å². The first-order chi connectivity index (χ1) is 20.5. The zero-order valence-electron chi connectivity index (χ0n) is 26.4. The number of anilines is 1. The zero-order valence-corrected chi connectivity index (χ0v) is 28.2. The number of nitrogens with one attached hydrogen (secondary N) is 1. The van der Waals surface area contributed by atoms with E-state index in [4.69, 9.17) is 4.43 Å². The number of imidazole rings is 1. The van der Waals surface area contributed by atoms with Crippen molar-refractivity contribution >= 4 is 48.5 Å². The van der Waals surface area contributed by atoms with Crippen molar-refractivity contribution in [1.29, 1.82) is 5.26 Å². The van der Waals surface area contributed by atoms with Crippen LogP contribution in [-0.2, 0) is 15.8 Å². The topological polar surface area (TPSA) is 100 Å². The number of benzene rings is 1. The molecule has 3 aromatic rings. The second kappa shape index (κ2) is 12.9. The Hall–Kier alpha value is -3.40. The van der Waals surface area contributed by atoms with Gasteiger partial charge in [-0.25, -0.2) is 13.8 Å². The molecule has 1 aliphatic heterocycles. The quantitative estimate of drug-likeness (QED) is 0.138. The van der Waals surface area contributed by atoms with Gasteiger partial charge in [0, 0.05) is 25.1 Å². The third-order valence-corrected chi connectivity index (χ3v) is 14.0. The summed E-state index contributed by atoms with van der Waals surface area (Å²) in [5.74, 6) is -0.597. The molecule has 1 saturated heterocycles. The van der Waals surface area contributed by atoms with Crippen LogP contribution in [0.25, 0.3) is 11.0 Å². The number of hydrogen-bond donors (Lipinski definition) is 1. The number of halogens is 2. The van der Waals surface area contributed by atoms with E-state index in [0.29, 0.717) is 31.6 Å². The standard InChI is InChI=1S/C32H41F2N5O3SSi/c1-31(2,3)44(6,7)42-20-32(4,5)17-21(18-35)29(41)38-16-10-11-22(38)19-39-24-13-9-8-12-23(24)36-30(39)37-28(40)26-15-14-25(43-26)27(33)34/h8-9,12-15,17,22,27H,10-11,16,19-20H2,1-7H3,(H,36,37,40)/t22-/m1/s1. The van der Waals surface area contributed by atoms with Gasteiger partial charge in [0.25, 0.3) is 18.2 Å². The summed E-state index contributed by atoms with van der Waals surface area (Å²) in [5.41, 5.74) is 0.966. The van der Waals surface area contributed by atoms with Crippen molar-refractivity contribution < 1.29 is 22.8 Å². The minimum atomic E-state index is -2.65. The summed E-state index contributed by atoms with van der Waals surface area (Å²) in [6.07, 6.45) is 0.558. The van der Waals surface area contributed by atoms with Crippen molar-refractivity contribution in [3.05, 3.63) is 57.8 Å². The summed E-state index contributed by atoms with van der Waals surface area (Å²) in [6.45, 7) is 16.0. The molecule has 0 aliphatic carbocycles. The molecule has 3 heterocycles. The molecule has 0 unspecified atom stereocenters. The van der Waals surface area contributed by atoms with Crippen LogP contribution in [0.15, 0.2) is 48.0 Å². The fourth-order valence-corrected chi connectivity index (χ4v) is 6.85. The number of nitrogens with zero attached hydrogens (tertiary/aromatic N) is 4. The Kier molecular flexibility index (Phi) is 9.83. The molecule has 1 N–H and O–H groups in total. The lowest BCUT2D eigenvalue weighted by molar-refractivity contribution is -0.127. The molecule has 1 aliphatic rings. The maximum Gasteiger partial charge on any atom is 0.272 e. The highest BCUT2D eigenvalue weighted by molar-refractivity contribution is 7.14. The molecule has 1 atom stereocenters. The van der Waals surface area contributed by atoms with Gasteiger partial charge in [-0.2, -0.15) is 5.26 Å². The summed E-state index contributed by atoms with van der Waals surface area (Å²) in [7, 11) is -2.02. The summed E-state index contributed by atoms with van der Waals surface area (Å²) in [6, 6.07) is 11.9. The average Bonchev–Trinajstić information content (AvgIpc) is 3.70. The van der Waals surface area contributed by atoms with E-state index < -0.39 is 26.1 Å². The Morgan fingerprint density at radius 2 is 1.91 bits per heavy atom. The number of likely N-dealkylation sites (tertiary alicyclic amines) is 1. The van der Waals surface area contributed by atoms with E-state index in [0.717, 1.165) is 23.3 Å². The van der Waals surface area contributed by atoms with Crippen molar-refractivity contribution in [2.75, 3.05) is 18.5 Å². The Morgan fingerprint density at radius 3 is 2.55 bits per heavy atom. The van der Waals surface area contributed by atoms with Crippen LogP contribution >= 0.6 is 11.3 Å². The molecule has 0 radical (unpaired) electrons. The van der Waals surface area contributed by atoms with Crippen molar-refractivity contribution in [3.63, 3.8) is 0 Å². The van der Waals surface area contributed by atoms with Gasteiger partial charge >= 0.3 is 0 Å². The van der Waals surface area contributed by atoms with Crippen molar-refractivity contribution in [1.82, 2.24) is 14.5 Å². The Labute approximate surface area is 262 Å². The number of carbonyl (C=O) groups is 2. The smallest absolute Gasteiger partial charge is 0.272 e. The molecule has 0 saturated carbocycles. The van der Waals surface area contributed by atoms with Crippen LogP contribution < -0.4 is 5.32 Å². The molecule has 8 nitrogen and oxygen atoms in total. The third kappa shape index (κ3) is 7.45. The van der Waals surface area contributed by atoms with E-state index in [1.165, 1.54) is 12.1 Å². The lowest BCUT2D eigenvalue weighted by Crippen LogP contribution is -2.43. The monoisotopic (exact) mass is 641 g/mol. The number of aromatic nitrogens is 2. The summed E-state index contributed by atoms with van der Waals surface area (Å²) < 4.78 is 34.5. The largest absolute Gasteiger partial charge is 0.416 e. The number of alkyl halides is 2. The summed E-state index contributed by atoms with van der Waals surface area (Å²) in [4.78, 5) is 33.1. The van der Waals surface area contributed by atoms with E-state index in [1.54, 1.807) is 11.0 Å². The zero-order chi connectivity index (χ0) is 32.4. The Bertz CT molecular complexity index is 1600. The van der Waals surface area contributed by atoms with Crippen molar-refractivity contribution in [2.24, 2.45) is 5.41 Å². The van der Waals surface area contributed by atoms with Gasteiger partial charge in [-0.05, 0) is 55.2 Å². The van der Waals surface area contributed by atoms with Gasteiger partial charge in [0.1, 0.15) is 11.6 Å². The molecule has 4 rings (SSSR count). The molecule has 2 amide bonds. The number of nitriles is 1. The minimum Gasteiger partial charge on any atom is -0.416 e. The van der Waals surface area contributed by atoms with Gasteiger partial charge < -0.3 is 13.9 Å². The first kappa shape index (κ1) is 33.5. The highest BCUT2D eigenvalue weighted by Crippen LogP contribution is 2.38. The normalized spacial score (nSPS) is 16.5. The molecular weight excluding hydrogens is 601 g/mol. The SMILES string of the molecule is CC(C)(C=C(C#N)C(=O)N1CCC[C@@H]1Cn1c(NC(=O)c2ccc(C(F)F)s2)nc2ccccc21)CO[Si](C)(C)C(C)(C)C. The first-order valence-corrected chi connectivity index (χ1v) is 18.5. The number of hydrogen-bond acceptors (Lipinski definition) is 6. The molecule has 1 aromatic carbocycles. The van der Waals surface area contributed by atoms with Gasteiger partial charge in [0.05, 0.1) is 26.8 Å². The number of fused-ring (bicyclic) bond motifs is 1. The lowest BCUT2D eigenvalue weighted by atomic mass is 9.91. The van der Waals surface area contributed by atoms with Gasteiger partial charge in [0.2, 0.25) is 5.95 Å². The van der Waals surface area contributed by atoms with Crippen LogP contribution in [-0.4, -0.2) is 53.8 Å². The van der Waals surface area contributed by atoms with Gasteiger partial charge in [-0.3, -0.25) is 14.9 Å². The average molecular weight is 642 g/mol. The van der Waals surface area contributed by atoms with Crippen LogP contribution in [0, 0.1) is 16.7 Å². The van der Waals surface area contributed by atoms with E-state index in [-0.39, 0.29) is 38.3 Å². The van der Waals surface area contributed by atoms with E-state index in [9.17, 15) is 23.6 Å². The molecule has 236 valence electrons. The van der Waals surface area contributed by atoms with Crippen LogP contribution in [0.5, 0.6) is 0 Å². The molecule has 12 heteroatoms. The maximum atomic E-state index is 13.8. The minimum absolute atomic E-state index is 0.0395. The van der Waals surface area contributed by atoms with E-state index in [2.05, 4.69) is 50.2 Å². The van der Waals surface area contributed by atoms with Gasteiger partial charge in [-0.15, -0.1) is 11.3 Å². The molecule has 44 heavy (non-hydrogen) atoms. The summed E-state index contributed by atoms with van der Waals surface area (Å²) >= 11 is 0.738. The van der Waals surface area contributed by atoms with Gasteiger partial charge in [0.15, 0.2) is 8.32 Å². The number of amides is 2. The molecule has 1 fully saturated rings. The maximum absolute atomic E-state index is 13.8. The lowest BCUT2D eigenvalue weighted by Gasteiger charge is -2.38. The summed E-state index contributed by atoms with van der Waals surface area (Å²) in [5, 5.41) is 12.9. The highest BCUT2D eigenvalue weighted by Gasteiger charge is 2.39. The van der Waals surface area contributed by atoms with Gasteiger partial charge in [-0.1, -0.05) is 52.8 Å². The Balaban J connectivity index is 1.56. The molecule has 0 bridgehead atoms. The predicted molar refractivity (Wildman–Crippen MR) is 172 cm³/mol. The fraction of sp³-hybridized carbons (Fsp3) is 0.500. The second-order valence-electron chi connectivity index (χ2n) is 13.5. The molecule has 2 aromatic heterocycles. The van der Waals surface area contributed by atoms with E-state index >= 15 is 0 Å². The number of rotatable bonds is 10. The van der Waals surface area contributed by atoms with Crippen LogP contribution in [0.2, 0.25) is 18.1 Å². The van der Waals surface area contributed by atoms with Crippen molar-refractivity contribution in [2.45, 2.75) is 84.6 Å². The van der Waals surface area contributed by atoms with Crippen LogP contribution in [0.4, 0.5) is 14.7 Å². The van der Waals surface area contributed by atoms with Crippen LogP contribution in [0.1, 0.15) is 68.4 Å². The molecule has 0 spiro atoms. The fourth-order valence-electron chi connectivity index (χ4n) is 4.93. The number of para-hydroxylation sites is 2. The second-order valence-corrected chi connectivity index (χ2v) is 19.4. The van der Waals surface area contributed by atoms with Crippen molar-refractivity contribution in [3.8, 4) is 6.07 Å². The highest BCUT2D eigenvalue weighted by atomic mass is 32.1. The van der Waals surface area contributed by atoms with Crippen LogP contribution in [0.3, 0.4) is 0 Å². The predicted octanol–water partition coefficient (Wildman–Crippen LogP) is 7.78. The first-order valence-electron chi connectivity index (χ1n) is 14.8. The Morgan fingerprint density at radius 1 is 1.20 bits per heavy atom.